The lowest BCUT2D eigenvalue weighted by Crippen LogP contribution is -2.30. The van der Waals surface area contributed by atoms with Crippen molar-refractivity contribution >= 4 is 23.4 Å². The van der Waals surface area contributed by atoms with E-state index in [1.165, 1.54) is 0 Å². The van der Waals surface area contributed by atoms with Gasteiger partial charge < -0.3 is 10.6 Å². The zero-order valence-corrected chi connectivity index (χ0v) is 11.4. The van der Waals surface area contributed by atoms with Gasteiger partial charge in [0.05, 0.1) is 0 Å². The van der Waals surface area contributed by atoms with Crippen LogP contribution in [0.3, 0.4) is 0 Å². The molecule has 1 rings (SSSR count). The fourth-order valence-corrected chi connectivity index (χ4v) is 2.07. The lowest BCUT2D eigenvalue weighted by Gasteiger charge is -2.12. The van der Waals surface area contributed by atoms with Crippen LogP contribution in [0.2, 0.25) is 0 Å². The number of amides is 1. The molecular formula is C13H20N2OS. The molecule has 2 N–H and O–H groups in total. The van der Waals surface area contributed by atoms with Crippen LogP contribution >= 0.6 is 11.8 Å². The third kappa shape index (κ3) is 5.24. The van der Waals surface area contributed by atoms with Crippen molar-refractivity contribution in [2.75, 3.05) is 18.1 Å². The van der Waals surface area contributed by atoms with Gasteiger partial charge in [-0.1, -0.05) is 13.0 Å². The van der Waals surface area contributed by atoms with E-state index in [4.69, 9.17) is 0 Å². The molecule has 1 aromatic carbocycles. The maximum absolute atomic E-state index is 11.7. The molecule has 0 bridgehead atoms. The quantitative estimate of drug-likeness (QED) is 0.765. The molecule has 0 aliphatic rings. The van der Waals surface area contributed by atoms with Gasteiger partial charge in [-0.25, -0.2) is 0 Å². The third-order valence-corrected chi connectivity index (χ3v) is 3.12. The molecule has 0 spiro atoms. The summed E-state index contributed by atoms with van der Waals surface area (Å²) >= 11 is 1.67. The number of nitrogens with one attached hydrogen (secondary N) is 2. The van der Waals surface area contributed by atoms with E-state index in [2.05, 4.69) is 10.6 Å². The molecule has 94 valence electrons. The Morgan fingerprint density at radius 3 is 2.88 bits per heavy atom. The number of benzene rings is 1. The first-order valence-electron chi connectivity index (χ1n) is 5.83. The highest BCUT2D eigenvalue weighted by Crippen LogP contribution is 2.19. The SMILES string of the molecule is CCNC(C)CC(=O)Nc1cccc(SC)c1. The molecule has 4 heteroatoms. The van der Waals surface area contributed by atoms with Crippen molar-refractivity contribution < 1.29 is 4.79 Å². The molecule has 17 heavy (non-hydrogen) atoms. The number of carbonyl (C=O) groups is 1. The molecule has 1 amide bonds. The van der Waals surface area contributed by atoms with Crippen LogP contribution in [0.15, 0.2) is 29.2 Å². The molecule has 0 saturated heterocycles. The number of hydrogen-bond acceptors (Lipinski definition) is 3. The minimum absolute atomic E-state index is 0.0525. The summed E-state index contributed by atoms with van der Waals surface area (Å²) in [5.41, 5.74) is 0.866. The fourth-order valence-electron chi connectivity index (χ4n) is 1.61. The maximum atomic E-state index is 11.7. The van der Waals surface area contributed by atoms with Crippen molar-refractivity contribution in [2.24, 2.45) is 0 Å². The predicted octanol–water partition coefficient (Wildman–Crippen LogP) is 2.74. The number of anilines is 1. The van der Waals surface area contributed by atoms with E-state index in [0.717, 1.165) is 17.1 Å². The Balaban J connectivity index is 2.49. The second kappa shape index (κ2) is 7.35. The predicted molar refractivity (Wildman–Crippen MR) is 74.6 cm³/mol. The van der Waals surface area contributed by atoms with Crippen LogP contribution in [0.5, 0.6) is 0 Å². The first-order chi connectivity index (χ1) is 8.15. The smallest absolute Gasteiger partial charge is 0.225 e. The number of carbonyl (C=O) groups excluding carboxylic acids is 1. The van der Waals surface area contributed by atoms with Gasteiger partial charge in [0.2, 0.25) is 5.91 Å². The van der Waals surface area contributed by atoms with Gasteiger partial charge in [-0.15, -0.1) is 11.8 Å². The highest BCUT2D eigenvalue weighted by Gasteiger charge is 2.08. The molecule has 0 aliphatic heterocycles. The largest absolute Gasteiger partial charge is 0.326 e. The van der Waals surface area contributed by atoms with Crippen molar-refractivity contribution in [3.05, 3.63) is 24.3 Å². The lowest BCUT2D eigenvalue weighted by molar-refractivity contribution is -0.116. The summed E-state index contributed by atoms with van der Waals surface area (Å²) in [4.78, 5) is 12.9. The van der Waals surface area contributed by atoms with Gasteiger partial charge in [0, 0.05) is 23.0 Å². The first kappa shape index (κ1) is 14.1. The lowest BCUT2D eigenvalue weighted by atomic mass is 10.2. The van der Waals surface area contributed by atoms with Crippen LogP contribution in [0.25, 0.3) is 0 Å². The van der Waals surface area contributed by atoms with Crippen LogP contribution in [-0.2, 0) is 4.79 Å². The average molecular weight is 252 g/mol. The van der Waals surface area contributed by atoms with E-state index in [9.17, 15) is 4.79 Å². The number of rotatable bonds is 6. The molecule has 0 fully saturated rings. The van der Waals surface area contributed by atoms with Crippen LogP contribution < -0.4 is 10.6 Å². The van der Waals surface area contributed by atoms with Crippen molar-refractivity contribution in [3.8, 4) is 0 Å². The zero-order chi connectivity index (χ0) is 12.7. The van der Waals surface area contributed by atoms with E-state index in [1.54, 1.807) is 11.8 Å². The van der Waals surface area contributed by atoms with E-state index in [-0.39, 0.29) is 11.9 Å². The Kier molecular flexibility index (Phi) is 6.08. The summed E-state index contributed by atoms with van der Waals surface area (Å²) in [6, 6.07) is 8.09. The molecule has 1 aromatic rings. The molecule has 1 unspecified atom stereocenters. The Hall–Kier alpha value is -1.00. The normalized spacial score (nSPS) is 12.2. The van der Waals surface area contributed by atoms with Gasteiger partial charge in [0.25, 0.3) is 0 Å². The summed E-state index contributed by atoms with van der Waals surface area (Å²) in [6.07, 6.45) is 2.52. The van der Waals surface area contributed by atoms with Crippen LogP contribution in [0.1, 0.15) is 20.3 Å². The first-order valence-corrected chi connectivity index (χ1v) is 7.05. The van der Waals surface area contributed by atoms with E-state index in [1.807, 2.05) is 44.4 Å². The Labute approximate surface area is 107 Å². The number of thioether (sulfide) groups is 1. The minimum atomic E-state index is 0.0525. The van der Waals surface area contributed by atoms with Crippen molar-refractivity contribution in [2.45, 2.75) is 31.2 Å². The molecule has 0 aliphatic carbocycles. The van der Waals surface area contributed by atoms with Crippen LogP contribution in [-0.4, -0.2) is 24.7 Å². The van der Waals surface area contributed by atoms with Crippen molar-refractivity contribution in [1.82, 2.24) is 5.32 Å². The third-order valence-electron chi connectivity index (χ3n) is 2.40. The summed E-state index contributed by atoms with van der Waals surface area (Å²) < 4.78 is 0. The van der Waals surface area contributed by atoms with Crippen LogP contribution in [0, 0.1) is 0 Å². The summed E-state index contributed by atoms with van der Waals surface area (Å²) in [5, 5.41) is 6.13. The summed E-state index contributed by atoms with van der Waals surface area (Å²) in [7, 11) is 0. The molecule has 0 radical (unpaired) electrons. The maximum Gasteiger partial charge on any atom is 0.225 e. The summed E-state index contributed by atoms with van der Waals surface area (Å²) in [6.45, 7) is 4.94. The molecule has 0 aromatic heterocycles. The fraction of sp³-hybridized carbons (Fsp3) is 0.462. The van der Waals surface area contributed by atoms with Gasteiger partial charge in [0.1, 0.15) is 0 Å². The van der Waals surface area contributed by atoms with Gasteiger partial charge in [-0.3, -0.25) is 4.79 Å². The second-order valence-corrected chi connectivity index (χ2v) is 4.82. The standard InChI is InChI=1S/C13H20N2OS/c1-4-14-10(2)8-13(16)15-11-6-5-7-12(9-11)17-3/h5-7,9-10,14H,4,8H2,1-3H3,(H,15,16). The topological polar surface area (TPSA) is 41.1 Å². The van der Waals surface area contributed by atoms with E-state index >= 15 is 0 Å². The van der Waals surface area contributed by atoms with Gasteiger partial charge in [-0.2, -0.15) is 0 Å². The Bertz CT molecular complexity index is 368. The zero-order valence-electron chi connectivity index (χ0n) is 10.6. The number of hydrogen-bond donors (Lipinski definition) is 2. The highest BCUT2D eigenvalue weighted by atomic mass is 32.2. The van der Waals surface area contributed by atoms with Gasteiger partial charge >= 0.3 is 0 Å². The highest BCUT2D eigenvalue weighted by molar-refractivity contribution is 7.98. The molecule has 0 saturated carbocycles. The molecular weight excluding hydrogens is 232 g/mol. The van der Waals surface area contributed by atoms with Crippen LogP contribution in [0.4, 0.5) is 5.69 Å². The van der Waals surface area contributed by atoms with E-state index < -0.39 is 0 Å². The van der Waals surface area contributed by atoms with Gasteiger partial charge in [-0.05, 0) is 37.9 Å². The molecule has 3 nitrogen and oxygen atoms in total. The monoisotopic (exact) mass is 252 g/mol. The van der Waals surface area contributed by atoms with Crippen molar-refractivity contribution in [3.63, 3.8) is 0 Å². The minimum Gasteiger partial charge on any atom is -0.326 e. The Morgan fingerprint density at radius 2 is 2.24 bits per heavy atom. The Morgan fingerprint density at radius 1 is 1.47 bits per heavy atom. The van der Waals surface area contributed by atoms with Crippen molar-refractivity contribution in [1.29, 1.82) is 0 Å². The molecule has 0 heterocycles. The molecule has 1 atom stereocenters. The van der Waals surface area contributed by atoms with Gasteiger partial charge in [0.15, 0.2) is 0 Å². The average Bonchev–Trinajstić information content (AvgIpc) is 2.29. The second-order valence-electron chi connectivity index (χ2n) is 3.94. The van der Waals surface area contributed by atoms with E-state index in [0.29, 0.717) is 6.42 Å². The summed E-state index contributed by atoms with van der Waals surface area (Å²) in [5.74, 6) is 0.0525.